The van der Waals surface area contributed by atoms with E-state index in [2.05, 4.69) is 5.32 Å². The number of carbonyl (C=O) groups excluding carboxylic acids is 2. The molecule has 110 valence electrons. The molecule has 2 heterocycles. The highest BCUT2D eigenvalue weighted by Gasteiger charge is 2.27. The highest BCUT2D eigenvalue weighted by Crippen LogP contribution is 2.19. The summed E-state index contributed by atoms with van der Waals surface area (Å²) in [5.74, 6) is 0.142. The molecule has 1 aliphatic heterocycles. The molecule has 1 aromatic rings. The minimum atomic E-state index is -1.26. The number of amides is 2. The van der Waals surface area contributed by atoms with Crippen LogP contribution in [-0.2, 0) is 15.2 Å². The summed E-state index contributed by atoms with van der Waals surface area (Å²) in [5, 5.41) is 12.8. The summed E-state index contributed by atoms with van der Waals surface area (Å²) in [6, 6.07) is 3.33. The minimum absolute atomic E-state index is 0.0178. The number of hydrogen-bond donors (Lipinski definition) is 2. The van der Waals surface area contributed by atoms with Crippen LogP contribution in [0.4, 0.5) is 0 Å². The van der Waals surface area contributed by atoms with Crippen molar-refractivity contribution in [1.29, 1.82) is 0 Å². The minimum Gasteiger partial charge on any atom is -0.466 e. The van der Waals surface area contributed by atoms with Crippen LogP contribution in [0.15, 0.2) is 22.8 Å². The third-order valence-electron chi connectivity index (χ3n) is 3.44. The van der Waals surface area contributed by atoms with Gasteiger partial charge in [-0.25, -0.2) is 0 Å². The van der Waals surface area contributed by atoms with Crippen molar-refractivity contribution in [3.63, 3.8) is 0 Å². The predicted molar refractivity (Wildman–Crippen MR) is 71.7 cm³/mol. The number of carbonyl (C=O) groups is 2. The second-order valence-corrected chi connectivity index (χ2v) is 5.30. The summed E-state index contributed by atoms with van der Waals surface area (Å²) in [7, 11) is 0. The molecular formula is C14H20N2O4. The molecule has 1 saturated heterocycles. The molecule has 1 atom stereocenters. The molecule has 1 fully saturated rings. The van der Waals surface area contributed by atoms with Gasteiger partial charge in [0.2, 0.25) is 11.8 Å². The van der Waals surface area contributed by atoms with Crippen molar-refractivity contribution in [2.24, 2.45) is 0 Å². The molecule has 0 radical (unpaired) electrons. The third kappa shape index (κ3) is 3.60. The Bertz CT molecular complexity index is 468. The van der Waals surface area contributed by atoms with Crippen LogP contribution in [0.5, 0.6) is 0 Å². The van der Waals surface area contributed by atoms with Crippen molar-refractivity contribution >= 4 is 11.8 Å². The highest BCUT2D eigenvalue weighted by atomic mass is 16.4. The Morgan fingerprint density at radius 1 is 1.55 bits per heavy atom. The van der Waals surface area contributed by atoms with Gasteiger partial charge in [-0.15, -0.1) is 0 Å². The Hall–Kier alpha value is -1.82. The molecule has 0 saturated carbocycles. The van der Waals surface area contributed by atoms with Crippen molar-refractivity contribution in [2.45, 2.75) is 31.8 Å². The van der Waals surface area contributed by atoms with Gasteiger partial charge in [-0.3, -0.25) is 9.59 Å². The van der Waals surface area contributed by atoms with Crippen molar-refractivity contribution in [2.75, 3.05) is 19.6 Å². The van der Waals surface area contributed by atoms with Gasteiger partial charge < -0.3 is 19.7 Å². The SMILES string of the molecule is CC(O)(CNC(=O)CN1CCCCC1=O)c1ccco1. The average Bonchev–Trinajstić information content (AvgIpc) is 2.94. The van der Waals surface area contributed by atoms with E-state index >= 15 is 0 Å². The summed E-state index contributed by atoms with van der Waals surface area (Å²) in [5.41, 5.74) is -1.26. The van der Waals surface area contributed by atoms with Crippen LogP contribution >= 0.6 is 0 Å². The zero-order valence-corrected chi connectivity index (χ0v) is 11.6. The van der Waals surface area contributed by atoms with Crippen molar-refractivity contribution < 1.29 is 19.1 Å². The molecular weight excluding hydrogens is 260 g/mol. The molecule has 1 unspecified atom stereocenters. The molecule has 6 heteroatoms. The lowest BCUT2D eigenvalue weighted by Crippen LogP contribution is -2.46. The summed E-state index contributed by atoms with van der Waals surface area (Å²) in [6.07, 6.45) is 3.81. The number of furan rings is 1. The van der Waals surface area contributed by atoms with Crippen LogP contribution in [0.25, 0.3) is 0 Å². The molecule has 0 aliphatic carbocycles. The summed E-state index contributed by atoms with van der Waals surface area (Å²) < 4.78 is 5.13. The highest BCUT2D eigenvalue weighted by molar-refractivity contribution is 5.85. The van der Waals surface area contributed by atoms with Crippen LogP contribution in [0.2, 0.25) is 0 Å². The van der Waals surface area contributed by atoms with E-state index < -0.39 is 5.60 Å². The van der Waals surface area contributed by atoms with Crippen LogP contribution in [0.1, 0.15) is 31.9 Å². The van der Waals surface area contributed by atoms with Crippen LogP contribution in [0, 0.1) is 0 Å². The second-order valence-electron chi connectivity index (χ2n) is 5.30. The Labute approximate surface area is 117 Å². The van der Waals surface area contributed by atoms with Crippen LogP contribution < -0.4 is 5.32 Å². The first-order valence-electron chi connectivity index (χ1n) is 6.80. The van der Waals surface area contributed by atoms with E-state index in [1.54, 1.807) is 24.0 Å². The van der Waals surface area contributed by atoms with E-state index in [9.17, 15) is 14.7 Å². The molecule has 20 heavy (non-hydrogen) atoms. The summed E-state index contributed by atoms with van der Waals surface area (Å²) in [6.45, 7) is 2.29. The molecule has 0 bridgehead atoms. The van der Waals surface area contributed by atoms with Gasteiger partial charge in [0.25, 0.3) is 0 Å². The number of rotatable bonds is 5. The van der Waals surface area contributed by atoms with Gasteiger partial charge >= 0.3 is 0 Å². The molecule has 2 rings (SSSR count). The lowest BCUT2D eigenvalue weighted by Gasteiger charge is -2.27. The molecule has 0 aromatic carbocycles. The number of aliphatic hydroxyl groups is 1. The Balaban J connectivity index is 1.81. The van der Waals surface area contributed by atoms with Gasteiger partial charge in [0, 0.05) is 13.0 Å². The third-order valence-corrected chi connectivity index (χ3v) is 3.44. The first-order chi connectivity index (χ1) is 9.49. The van der Waals surface area contributed by atoms with E-state index in [4.69, 9.17) is 4.42 Å². The molecule has 0 spiro atoms. The van der Waals surface area contributed by atoms with E-state index in [0.717, 1.165) is 12.8 Å². The van der Waals surface area contributed by atoms with Gasteiger partial charge in [-0.2, -0.15) is 0 Å². The molecule has 2 amide bonds. The second kappa shape index (κ2) is 6.09. The maximum Gasteiger partial charge on any atom is 0.239 e. The Morgan fingerprint density at radius 3 is 3.00 bits per heavy atom. The maximum absolute atomic E-state index is 11.8. The lowest BCUT2D eigenvalue weighted by molar-refractivity contribution is -0.138. The smallest absolute Gasteiger partial charge is 0.239 e. The van der Waals surface area contributed by atoms with Gasteiger partial charge in [-0.05, 0) is 31.9 Å². The van der Waals surface area contributed by atoms with E-state index in [1.807, 2.05) is 0 Å². The van der Waals surface area contributed by atoms with E-state index in [0.29, 0.717) is 18.7 Å². The first-order valence-corrected chi connectivity index (χ1v) is 6.80. The lowest BCUT2D eigenvalue weighted by atomic mass is 10.0. The summed E-state index contributed by atoms with van der Waals surface area (Å²) >= 11 is 0. The van der Waals surface area contributed by atoms with E-state index in [1.165, 1.54) is 6.26 Å². The molecule has 1 aromatic heterocycles. The van der Waals surface area contributed by atoms with Gasteiger partial charge in [0.15, 0.2) is 0 Å². The van der Waals surface area contributed by atoms with Crippen LogP contribution in [0.3, 0.4) is 0 Å². The van der Waals surface area contributed by atoms with E-state index in [-0.39, 0.29) is 24.9 Å². The Kier molecular flexibility index (Phi) is 4.44. The number of nitrogens with one attached hydrogen (secondary N) is 1. The zero-order valence-electron chi connectivity index (χ0n) is 11.6. The molecule has 6 nitrogen and oxygen atoms in total. The van der Waals surface area contributed by atoms with Gasteiger partial charge in [0.1, 0.15) is 11.4 Å². The number of nitrogens with zero attached hydrogens (tertiary/aromatic N) is 1. The summed E-state index contributed by atoms with van der Waals surface area (Å²) in [4.78, 5) is 25.0. The quantitative estimate of drug-likeness (QED) is 0.828. The monoisotopic (exact) mass is 280 g/mol. The zero-order chi connectivity index (χ0) is 14.6. The number of likely N-dealkylation sites (tertiary alicyclic amines) is 1. The molecule has 2 N–H and O–H groups in total. The standard InChI is InChI=1S/C14H20N2O4/c1-14(19,11-5-4-8-20-11)10-15-12(17)9-16-7-3-2-6-13(16)18/h4-5,8,19H,2-3,6-7,9-10H2,1H3,(H,15,17). The topological polar surface area (TPSA) is 82.8 Å². The first kappa shape index (κ1) is 14.6. The average molecular weight is 280 g/mol. The van der Waals surface area contributed by atoms with Gasteiger partial charge in [-0.1, -0.05) is 0 Å². The van der Waals surface area contributed by atoms with Crippen molar-refractivity contribution in [3.8, 4) is 0 Å². The van der Waals surface area contributed by atoms with Crippen molar-refractivity contribution in [3.05, 3.63) is 24.2 Å². The fourth-order valence-electron chi connectivity index (χ4n) is 2.20. The van der Waals surface area contributed by atoms with Crippen LogP contribution in [-0.4, -0.2) is 41.5 Å². The van der Waals surface area contributed by atoms with Gasteiger partial charge in [0.05, 0.1) is 19.4 Å². The normalized spacial score (nSPS) is 18.7. The Morgan fingerprint density at radius 2 is 2.35 bits per heavy atom. The largest absolute Gasteiger partial charge is 0.466 e. The number of piperidine rings is 1. The number of hydrogen-bond acceptors (Lipinski definition) is 4. The fourth-order valence-corrected chi connectivity index (χ4v) is 2.20. The fraction of sp³-hybridized carbons (Fsp3) is 0.571. The molecule has 1 aliphatic rings. The van der Waals surface area contributed by atoms with Crippen molar-refractivity contribution in [1.82, 2.24) is 10.2 Å². The maximum atomic E-state index is 11.8. The predicted octanol–water partition coefficient (Wildman–Crippen LogP) is 0.616.